The lowest BCUT2D eigenvalue weighted by atomic mass is 9.99. The summed E-state index contributed by atoms with van der Waals surface area (Å²) in [6.07, 6.45) is 0.646. The molecule has 0 N–H and O–H groups in total. The van der Waals surface area contributed by atoms with Crippen molar-refractivity contribution in [1.29, 1.82) is 0 Å². The van der Waals surface area contributed by atoms with Crippen molar-refractivity contribution in [3.8, 4) is 0 Å². The molecule has 6 heteroatoms. The highest BCUT2D eigenvalue weighted by Gasteiger charge is 2.36. The van der Waals surface area contributed by atoms with Gasteiger partial charge in [0.25, 0.3) is 5.91 Å². The van der Waals surface area contributed by atoms with Crippen LogP contribution in [0.2, 0.25) is 0 Å². The van der Waals surface area contributed by atoms with Crippen LogP contribution in [-0.2, 0) is 6.42 Å². The van der Waals surface area contributed by atoms with Gasteiger partial charge in [-0.25, -0.2) is 0 Å². The van der Waals surface area contributed by atoms with Crippen LogP contribution in [0.25, 0.3) is 0 Å². The van der Waals surface area contributed by atoms with Gasteiger partial charge in [0.1, 0.15) is 11.5 Å². The average Bonchev–Trinajstić information content (AvgIpc) is 3.13. The molecule has 0 atom stereocenters. The molecule has 3 aromatic rings. The number of furan rings is 1. The Balaban J connectivity index is 1.38. The van der Waals surface area contributed by atoms with Gasteiger partial charge in [-0.2, -0.15) is 4.98 Å². The van der Waals surface area contributed by atoms with E-state index in [0.717, 1.165) is 11.3 Å². The molecule has 1 amide bonds. The van der Waals surface area contributed by atoms with Gasteiger partial charge in [0.2, 0.25) is 5.89 Å². The van der Waals surface area contributed by atoms with E-state index in [1.165, 1.54) is 0 Å². The zero-order chi connectivity index (χ0) is 17.4. The Kier molecular flexibility index (Phi) is 3.87. The maximum absolute atomic E-state index is 12.5. The summed E-state index contributed by atoms with van der Waals surface area (Å²) < 4.78 is 10.8. The minimum absolute atomic E-state index is 0.00498. The first kappa shape index (κ1) is 15.6. The molecule has 128 valence electrons. The van der Waals surface area contributed by atoms with Gasteiger partial charge >= 0.3 is 0 Å². The fraction of sp³-hybridized carbons (Fsp3) is 0.316. The van der Waals surface area contributed by atoms with Crippen molar-refractivity contribution in [3.05, 3.63) is 70.8 Å². The van der Waals surface area contributed by atoms with Crippen molar-refractivity contribution in [2.75, 3.05) is 13.1 Å². The molecular formula is C19H19N3O3. The molecular weight excluding hydrogens is 318 g/mol. The predicted octanol–water partition coefficient (Wildman–Crippen LogP) is 3.11. The number of amides is 1. The van der Waals surface area contributed by atoms with Crippen molar-refractivity contribution < 1.29 is 13.7 Å². The lowest BCUT2D eigenvalue weighted by Gasteiger charge is -2.36. The number of carbonyl (C=O) groups excluding carboxylic acids is 1. The molecule has 0 bridgehead atoms. The number of hydrogen-bond acceptors (Lipinski definition) is 5. The number of rotatable bonds is 4. The summed E-state index contributed by atoms with van der Waals surface area (Å²) in [5.74, 6) is 2.79. The topological polar surface area (TPSA) is 72.4 Å². The smallest absolute Gasteiger partial charge is 0.257 e. The number of aromatic nitrogens is 2. The van der Waals surface area contributed by atoms with Crippen molar-refractivity contribution in [1.82, 2.24) is 15.0 Å². The average molecular weight is 337 g/mol. The predicted molar refractivity (Wildman–Crippen MR) is 90.4 cm³/mol. The van der Waals surface area contributed by atoms with Crippen molar-refractivity contribution in [2.45, 2.75) is 26.2 Å². The summed E-state index contributed by atoms with van der Waals surface area (Å²) in [7, 11) is 0. The molecule has 2 aromatic heterocycles. The van der Waals surface area contributed by atoms with Gasteiger partial charge in [0.15, 0.2) is 5.82 Å². The van der Waals surface area contributed by atoms with Gasteiger partial charge in [-0.15, -0.1) is 0 Å². The first-order chi connectivity index (χ1) is 12.1. The van der Waals surface area contributed by atoms with Crippen molar-refractivity contribution >= 4 is 5.91 Å². The van der Waals surface area contributed by atoms with Crippen LogP contribution in [0, 0.1) is 13.8 Å². The Morgan fingerprint density at radius 2 is 2.00 bits per heavy atom. The minimum Gasteiger partial charge on any atom is -0.466 e. The largest absolute Gasteiger partial charge is 0.466 e. The molecule has 0 radical (unpaired) electrons. The van der Waals surface area contributed by atoms with Crippen LogP contribution in [0.3, 0.4) is 0 Å². The van der Waals surface area contributed by atoms with Gasteiger partial charge in [0, 0.05) is 19.5 Å². The second-order valence-electron chi connectivity index (χ2n) is 6.45. The minimum atomic E-state index is -0.00498. The molecule has 1 aliphatic heterocycles. The number of aryl methyl sites for hydroxylation is 2. The second-order valence-corrected chi connectivity index (χ2v) is 6.45. The molecule has 1 aliphatic rings. The third-order valence-electron chi connectivity index (χ3n) is 4.48. The van der Waals surface area contributed by atoms with Gasteiger partial charge in [0.05, 0.1) is 11.5 Å². The highest BCUT2D eigenvalue weighted by atomic mass is 16.5. The molecule has 0 spiro atoms. The lowest BCUT2D eigenvalue weighted by molar-refractivity contribution is 0.0567. The van der Waals surface area contributed by atoms with Crippen molar-refractivity contribution in [3.63, 3.8) is 0 Å². The molecule has 1 fully saturated rings. The van der Waals surface area contributed by atoms with Crippen molar-refractivity contribution in [2.24, 2.45) is 0 Å². The van der Waals surface area contributed by atoms with Crippen LogP contribution in [0.15, 0.2) is 45.3 Å². The number of likely N-dealkylation sites (tertiary alicyclic amines) is 1. The van der Waals surface area contributed by atoms with Crippen LogP contribution in [0.1, 0.15) is 45.1 Å². The Morgan fingerprint density at radius 1 is 1.24 bits per heavy atom. The van der Waals surface area contributed by atoms with Gasteiger partial charge in [-0.3, -0.25) is 4.79 Å². The summed E-state index contributed by atoms with van der Waals surface area (Å²) in [6, 6.07) is 11.8. The van der Waals surface area contributed by atoms with Crippen LogP contribution < -0.4 is 0 Å². The third kappa shape index (κ3) is 3.07. The summed E-state index contributed by atoms with van der Waals surface area (Å²) in [5, 5.41) is 4.06. The summed E-state index contributed by atoms with van der Waals surface area (Å²) >= 11 is 0. The zero-order valence-corrected chi connectivity index (χ0v) is 14.2. The normalized spacial score (nSPS) is 14.6. The highest BCUT2D eigenvalue weighted by Crippen LogP contribution is 2.28. The van der Waals surface area contributed by atoms with Crippen LogP contribution >= 0.6 is 0 Å². The monoisotopic (exact) mass is 337 g/mol. The van der Waals surface area contributed by atoms with Gasteiger partial charge in [-0.05, 0) is 25.5 Å². The Morgan fingerprint density at radius 3 is 2.68 bits per heavy atom. The molecule has 0 saturated carbocycles. The maximum Gasteiger partial charge on any atom is 0.257 e. The van der Waals surface area contributed by atoms with Crippen LogP contribution in [0.4, 0.5) is 0 Å². The fourth-order valence-electron chi connectivity index (χ4n) is 3.10. The van der Waals surface area contributed by atoms with E-state index in [9.17, 15) is 4.79 Å². The Bertz CT molecular complexity index is 892. The summed E-state index contributed by atoms with van der Waals surface area (Å²) in [5.41, 5.74) is 1.78. The standard InChI is InChI=1S/C19H19N3O3/c1-12-8-16(13(2)24-12)19(23)22-10-15(11-22)18-20-17(21-25-18)9-14-6-4-3-5-7-14/h3-8,15H,9-11H2,1-2H3. The Labute approximate surface area is 145 Å². The third-order valence-corrected chi connectivity index (χ3v) is 4.48. The zero-order valence-electron chi connectivity index (χ0n) is 14.2. The first-order valence-corrected chi connectivity index (χ1v) is 8.33. The van der Waals surface area contributed by atoms with E-state index in [1.54, 1.807) is 11.0 Å². The number of hydrogen-bond donors (Lipinski definition) is 0. The molecule has 25 heavy (non-hydrogen) atoms. The van der Waals surface area contributed by atoms with E-state index in [-0.39, 0.29) is 11.8 Å². The molecule has 1 saturated heterocycles. The van der Waals surface area contributed by atoms with E-state index in [2.05, 4.69) is 10.1 Å². The second kappa shape index (κ2) is 6.20. The molecule has 6 nitrogen and oxygen atoms in total. The van der Waals surface area contributed by atoms with Crippen LogP contribution in [-0.4, -0.2) is 34.0 Å². The van der Waals surface area contributed by atoms with E-state index >= 15 is 0 Å². The SMILES string of the molecule is Cc1cc(C(=O)N2CC(c3nc(Cc4ccccc4)no3)C2)c(C)o1. The summed E-state index contributed by atoms with van der Waals surface area (Å²) in [6.45, 7) is 4.84. The highest BCUT2D eigenvalue weighted by molar-refractivity contribution is 5.95. The van der Waals surface area contributed by atoms with Gasteiger partial charge < -0.3 is 13.8 Å². The van der Waals surface area contributed by atoms with E-state index in [0.29, 0.717) is 42.5 Å². The van der Waals surface area contributed by atoms with E-state index in [4.69, 9.17) is 8.94 Å². The number of nitrogens with zero attached hydrogens (tertiary/aromatic N) is 3. The quantitative estimate of drug-likeness (QED) is 0.731. The molecule has 1 aromatic carbocycles. The van der Waals surface area contributed by atoms with E-state index in [1.807, 2.05) is 44.2 Å². The fourth-order valence-corrected chi connectivity index (χ4v) is 3.10. The first-order valence-electron chi connectivity index (χ1n) is 8.33. The maximum atomic E-state index is 12.5. The van der Waals surface area contributed by atoms with E-state index < -0.39 is 0 Å². The Hall–Kier alpha value is -2.89. The molecule has 0 unspecified atom stereocenters. The molecule has 3 heterocycles. The number of benzene rings is 1. The van der Waals surface area contributed by atoms with Gasteiger partial charge in [-0.1, -0.05) is 35.5 Å². The lowest BCUT2D eigenvalue weighted by Crippen LogP contribution is -2.48. The molecule has 0 aliphatic carbocycles. The molecule has 4 rings (SSSR count). The van der Waals surface area contributed by atoms with Crippen LogP contribution in [0.5, 0.6) is 0 Å². The summed E-state index contributed by atoms with van der Waals surface area (Å²) in [4.78, 5) is 18.7. The number of carbonyl (C=O) groups is 1.